The summed E-state index contributed by atoms with van der Waals surface area (Å²) in [7, 11) is 0. The first kappa shape index (κ1) is 11.3. The van der Waals surface area contributed by atoms with Crippen LogP contribution in [0.15, 0.2) is 24.3 Å². The zero-order chi connectivity index (χ0) is 11.4. The van der Waals surface area contributed by atoms with Gasteiger partial charge in [0.05, 0.1) is 5.52 Å². The molecule has 2 aromatic rings. The van der Waals surface area contributed by atoms with Crippen LogP contribution in [0.25, 0.3) is 10.9 Å². The fraction of sp³-hybridized carbons (Fsp3) is 0.385. The van der Waals surface area contributed by atoms with E-state index >= 15 is 0 Å². The number of fused-ring (bicyclic) bond motifs is 1. The number of hydrogen-bond donors (Lipinski definition) is 0. The van der Waals surface area contributed by atoms with Crippen molar-refractivity contribution in [2.45, 2.75) is 32.6 Å². The van der Waals surface area contributed by atoms with Crippen LogP contribution in [0, 0.1) is 0 Å². The minimum Gasteiger partial charge on any atom is -0.233 e. The third-order valence-corrected chi connectivity index (χ3v) is 2.90. The average Bonchev–Trinajstić information content (AvgIpc) is 2.30. The van der Waals surface area contributed by atoms with Gasteiger partial charge in [0.1, 0.15) is 11.0 Å². The second-order valence-corrected chi connectivity index (χ2v) is 4.26. The minimum atomic E-state index is 0.567. The van der Waals surface area contributed by atoms with E-state index in [1.54, 1.807) is 0 Å². The lowest BCUT2D eigenvalue weighted by atomic mass is 10.2. The van der Waals surface area contributed by atoms with Crippen molar-refractivity contribution in [2.75, 3.05) is 0 Å². The Morgan fingerprint density at radius 1 is 1.12 bits per heavy atom. The van der Waals surface area contributed by atoms with Gasteiger partial charge in [0.25, 0.3) is 0 Å². The summed E-state index contributed by atoms with van der Waals surface area (Å²) in [4.78, 5) is 8.84. The molecule has 0 aliphatic rings. The fourth-order valence-electron chi connectivity index (χ4n) is 1.73. The Morgan fingerprint density at radius 3 is 2.75 bits per heavy atom. The number of unbranched alkanes of at least 4 members (excludes halogenated alkanes) is 2. The Labute approximate surface area is 101 Å². The standard InChI is InChI=1S/C13H15ClN2/c1-2-3-4-9-12-15-11-8-6-5-7-10(11)13(14)16-12/h5-8H,2-4,9H2,1H3. The van der Waals surface area contributed by atoms with Crippen LogP contribution in [0.1, 0.15) is 32.0 Å². The van der Waals surface area contributed by atoms with E-state index in [0.717, 1.165) is 29.6 Å². The molecule has 0 spiro atoms. The maximum Gasteiger partial charge on any atom is 0.140 e. The third-order valence-electron chi connectivity index (χ3n) is 2.61. The molecule has 2 rings (SSSR count). The van der Waals surface area contributed by atoms with E-state index in [4.69, 9.17) is 11.6 Å². The highest BCUT2D eigenvalue weighted by molar-refractivity contribution is 6.34. The van der Waals surface area contributed by atoms with Gasteiger partial charge in [0, 0.05) is 11.8 Å². The van der Waals surface area contributed by atoms with Gasteiger partial charge in [-0.1, -0.05) is 43.5 Å². The second kappa shape index (κ2) is 5.26. The molecule has 0 fully saturated rings. The monoisotopic (exact) mass is 234 g/mol. The highest BCUT2D eigenvalue weighted by Crippen LogP contribution is 2.20. The van der Waals surface area contributed by atoms with Crippen LogP contribution in [0.4, 0.5) is 0 Å². The molecular formula is C13H15ClN2. The van der Waals surface area contributed by atoms with Crippen molar-refractivity contribution in [3.8, 4) is 0 Å². The molecule has 0 bridgehead atoms. The predicted molar refractivity (Wildman–Crippen MR) is 67.8 cm³/mol. The van der Waals surface area contributed by atoms with E-state index in [9.17, 15) is 0 Å². The summed E-state index contributed by atoms with van der Waals surface area (Å²) in [6.45, 7) is 2.19. The third kappa shape index (κ3) is 2.50. The molecule has 0 amide bonds. The Kier molecular flexibility index (Phi) is 3.73. The summed E-state index contributed by atoms with van der Waals surface area (Å²) < 4.78 is 0. The Morgan fingerprint density at radius 2 is 1.94 bits per heavy atom. The van der Waals surface area contributed by atoms with E-state index in [0.29, 0.717) is 5.15 Å². The van der Waals surface area contributed by atoms with Crippen LogP contribution in [0.5, 0.6) is 0 Å². The summed E-state index contributed by atoms with van der Waals surface area (Å²) in [6.07, 6.45) is 4.47. The van der Waals surface area contributed by atoms with Crippen molar-refractivity contribution in [3.05, 3.63) is 35.2 Å². The van der Waals surface area contributed by atoms with Gasteiger partial charge in [-0.05, 0) is 18.6 Å². The number of aromatic nitrogens is 2. The number of nitrogens with zero attached hydrogens (tertiary/aromatic N) is 2. The number of rotatable bonds is 4. The molecule has 0 saturated heterocycles. The maximum atomic E-state index is 6.12. The molecule has 0 unspecified atom stereocenters. The van der Waals surface area contributed by atoms with Crippen molar-refractivity contribution < 1.29 is 0 Å². The Hall–Kier alpha value is -1.15. The molecule has 1 aromatic heterocycles. The molecule has 0 aliphatic heterocycles. The summed E-state index contributed by atoms with van der Waals surface area (Å²) in [5.74, 6) is 0.858. The number of aryl methyl sites for hydroxylation is 1. The number of hydrogen-bond acceptors (Lipinski definition) is 2. The van der Waals surface area contributed by atoms with Crippen molar-refractivity contribution in [2.24, 2.45) is 0 Å². The summed E-state index contributed by atoms with van der Waals surface area (Å²) in [5.41, 5.74) is 0.939. The quantitative estimate of drug-likeness (QED) is 0.590. The van der Waals surface area contributed by atoms with Gasteiger partial charge in [0.2, 0.25) is 0 Å². The van der Waals surface area contributed by atoms with Crippen molar-refractivity contribution in [1.29, 1.82) is 0 Å². The van der Waals surface area contributed by atoms with E-state index in [1.807, 2.05) is 24.3 Å². The second-order valence-electron chi connectivity index (χ2n) is 3.90. The van der Waals surface area contributed by atoms with Crippen molar-refractivity contribution >= 4 is 22.5 Å². The highest BCUT2D eigenvalue weighted by atomic mass is 35.5. The van der Waals surface area contributed by atoms with Gasteiger partial charge >= 0.3 is 0 Å². The van der Waals surface area contributed by atoms with Crippen LogP contribution in [-0.4, -0.2) is 9.97 Å². The summed E-state index contributed by atoms with van der Waals surface area (Å²) >= 11 is 6.12. The maximum absolute atomic E-state index is 6.12. The lowest BCUT2D eigenvalue weighted by Gasteiger charge is -2.03. The first-order chi connectivity index (χ1) is 7.81. The van der Waals surface area contributed by atoms with Crippen LogP contribution in [-0.2, 0) is 6.42 Å². The average molecular weight is 235 g/mol. The van der Waals surface area contributed by atoms with Gasteiger partial charge in [-0.2, -0.15) is 0 Å². The van der Waals surface area contributed by atoms with E-state index in [2.05, 4.69) is 16.9 Å². The highest BCUT2D eigenvalue weighted by Gasteiger charge is 2.04. The molecule has 0 aliphatic carbocycles. The molecule has 0 atom stereocenters. The van der Waals surface area contributed by atoms with Crippen LogP contribution in [0.3, 0.4) is 0 Å². The molecule has 1 aromatic carbocycles. The van der Waals surface area contributed by atoms with Gasteiger partial charge < -0.3 is 0 Å². The largest absolute Gasteiger partial charge is 0.233 e. The van der Waals surface area contributed by atoms with Crippen molar-refractivity contribution in [1.82, 2.24) is 9.97 Å². The Bertz CT molecular complexity index is 482. The summed E-state index contributed by atoms with van der Waals surface area (Å²) in [5, 5.41) is 1.50. The molecule has 0 radical (unpaired) electrons. The van der Waals surface area contributed by atoms with Crippen LogP contribution < -0.4 is 0 Å². The SMILES string of the molecule is CCCCCc1nc(Cl)c2ccccc2n1. The van der Waals surface area contributed by atoms with E-state index in [-0.39, 0.29) is 0 Å². The lowest BCUT2D eigenvalue weighted by Crippen LogP contribution is -1.96. The molecule has 84 valence electrons. The van der Waals surface area contributed by atoms with Gasteiger partial charge in [-0.3, -0.25) is 0 Å². The zero-order valence-electron chi connectivity index (χ0n) is 9.41. The topological polar surface area (TPSA) is 25.8 Å². The first-order valence-electron chi connectivity index (χ1n) is 5.72. The molecular weight excluding hydrogens is 220 g/mol. The smallest absolute Gasteiger partial charge is 0.140 e. The van der Waals surface area contributed by atoms with E-state index < -0.39 is 0 Å². The van der Waals surface area contributed by atoms with Crippen LogP contribution >= 0.6 is 11.6 Å². The number of para-hydroxylation sites is 1. The number of benzene rings is 1. The molecule has 0 N–H and O–H groups in total. The first-order valence-corrected chi connectivity index (χ1v) is 6.10. The van der Waals surface area contributed by atoms with Gasteiger partial charge in [-0.15, -0.1) is 0 Å². The summed E-state index contributed by atoms with van der Waals surface area (Å²) in [6, 6.07) is 7.86. The minimum absolute atomic E-state index is 0.567. The molecule has 2 nitrogen and oxygen atoms in total. The number of halogens is 1. The Balaban J connectivity index is 2.27. The predicted octanol–water partition coefficient (Wildman–Crippen LogP) is 4.02. The molecule has 16 heavy (non-hydrogen) atoms. The normalized spacial score (nSPS) is 10.9. The fourth-order valence-corrected chi connectivity index (χ4v) is 1.99. The van der Waals surface area contributed by atoms with E-state index in [1.165, 1.54) is 12.8 Å². The van der Waals surface area contributed by atoms with Gasteiger partial charge in [0.15, 0.2) is 0 Å². The van der Waals surface area contributed by atoms with Crippen molar-refractivity contribution in [3.63, 3.8) is 0 Å². The molecule has 1 heterocycles. The zero-order valence-corrected chi connectivity index (χ0v) is 10.2. The molecule has 0 saturated carbocycles. The van der Waals surface area contributed by atoms with Crippen LogP contribution in [0.2, 0.25) is 5.15 Å². The lowest BCUT2D eigenvalue weighted by molar-refractivity contribution is 0.696. The molecule has 3 heteroatoms. The van der Waals surface area contributed by atoms with Gasteiger partial charge in [-0.25, -0.2) is 9.97 Å².